The third-order valence-electron chi connectivity index (χ3n) is 4.09. The first-order valence-electron chi connectivity index (χ1n) is 8.83. The first kappa shape index (κ1) is 18.8. The van der Waals surface area contributed by atoms with Gasteiger partial charge in [-0.25, -0.2) is 0 Å². The van der Waals surface area contributed by atoms with Gasteiger partial charge in [-0.05, 0) is 32.0 Å². The molecule has 1 aromatic carbocycles. The van der Waals surface area contributed by atoms with Crippen LogP contribution < -0.4 is 14.8 Å². The maximum Gasteiger partial charge on any atom is 0.308 e. The van der Waals surface area contributed by atoms with Crippen molar-refractivity contribution in [3.8, 4) is 11.5 Å². The molecule has 0 spiro atoms. The number of benzene rings is 1. The Balaban J connectivity index is 1.34. The van der Waals surface area contributed by atoms with E-state index in [1.54, 1.807) is 4.68 Å². The van der Waals surface area contributed by atoms with E-state index >= 15 is 0 Å². The monoisotopic (exact) mass is 373 g/mol. The van der Waals surface area contributed by atoms with Gasteiger partial charge < -0.3 is 19.5 Å². The third-order valence-corrected chi connectivity index (χ3v) is 4.09. The molecule has 2 aromatic rings. The van der Waals surface area contributed by atoms with Crippen LogP contribution in [0.15, 0.2) is 30.3 Å². The van der Waals surface area contributed by atoms with E-state index in [0.717, 1.165) is 11.4 Å². The van der Waals surface area contributed by atoms with Gasteiger partial charge in [-0.1, -0.05) is 12.1 Å². The highest BCUT2D eigenvalue weighted by Crippen LogP contribution is 2.30. The van der Waals surface area contributed by atoms with Crippen molar-refractivity contribution in [2.45, 2.75) is 32.9 Å². The molecule has 8 nitrogen and oxygen atoms in total. The number of ether oxygens (including phenoxy) is 3. The fourth-order valence-electron chi connectivity index (χ4n) is 2.76. The van der Waals surface area contributed by atoms with E-state index in [1.807, 2.05) is 44.2 Å². The van der Waals surface area contributed by atoms with Gasteiger partial charge in [0.2, 0.25) is 0 Å². The lowest BCUT2D eigenvalue weighted by atomic mass is 10.2. The SMILES string of the molecule is Cc1cc(C)n(CCC(=O)OCC(=O)NCC2COc3ccccc3O2)n1. The van der Waals surface area contributed by atoms with Crippen molar-refractivity contribution in [3.05, 3.63) is 41.7 Å². The van der Waals surface area contributed by atoms with Crippen LogP contribution in [0.5, 0.6) is 11.5 Å². The lowest BCUT2D eigenvalue weighted by Crippen LogP contribution is -2.42. The summed E-state index contributed by atoms with van der Waals surface area (Å²) in [6.07, 6.45) is -0.128. The fraction of sp³-hybridized carbons (Fsp3) is 0.421. The second-order valence-corrected chi connectivity index (χ2v) is 6.36. The molecule has 1 aliphatic rings. The molecule has 0 bridgehead atoms. The van der Waals surface area contributed by atoms with E-state index in [1.165, 1.54) is 0 Å². The molecule has 1 amide bonds. The molecule has 0 saturated heterocycles. The molecule has 2 heterocycles. The van der Waals surface area contributed by atoms with Gasteiger partial charge in [0.1, 0.15) is 12.7 Å². The summed E-state index contributed by atoms with van der Waals surface area (Å²) in [4.78, 5) is 23.7. The summed E-state index contributed by atoms with van der Waals surface area (Å²) in [6, 6.07) is 9.31. The van der Waals surface area contributed by atoms with Crippen LogP contribution in [0.3, 0.4) is 0 Å². The molecule has 0 fully saturated rings. The standard InChI is InChI=1S/C19H23N3O5/c1-13-9-14(2)22(21-13)8-7-19(24)26-12-18(23)20-10-15-11-25-16-5-3-4-6-17(16)27-15/h3-6,9,15H,7-8,10-12H2,1-2H3,(H,20,23). The Hall–Kier alpha value is -3.03. The van der Waals surface area contributed by atoms with Crippen LogP contribution in [0.4, 0.5) is 0 Å². The summed E-state index contributed by atoms with van der Waals surface area (Å²) in [6.45, 7) is 4.54. The van der Waals surface area contributed by atoms with Crippen molar-refractivity contribution in [2.24, 2.45) is 0 Å². The van der Waals surface area contributed by atoms with E-state index in [4.69, 9.17) is 14.2 Å². The number of carbonyl (C=O) groups is 2. The Bertz CT molecular complexity index is 817. The quantitative estimate of drug-likeness (QED) is 0.738. The number of fused-ring (bicyclic) bond motifs is 1. The highest BCUT2D eigenvalue weighted by atomic mass is 16.6. The number of carbonyl (C=O) groups excluding carboxylic acids is 2. The maximum absolute atomic E-state index is 11.9. The minimum Gasteiger partial charge on any atom is -0.486 e. The zero-order valence-electron chi connectivity index (χ0n) is 15.4. The minimum atomic E-state index is -0.441. The van der Waals surface area contributed by atoms with Crippen molar-refractivity contribution in [2.75, 3.05) is 19.8 Å². The van der Waals surface area contributed by atoms with Gasteiger partial charge in [0.15, 0.2) is 18.1 Å². The normalized spacial score (nSPS) is 15.3. The molecule has 8 heteroatoms. The lowest BCUT2D eigenvalue weighted by molar-refractivity contribution is -0.148. The molecule has 144 valence electrons. The molecular formula is C19H23N3O5. The van der Waals surface area contributed by atoms with Crippen molar-refractivity contribution >= 4 is 11.9 Å². The predicted molar refractivity (Wildman–Crippen MR) is 96.6 cm³/mol. The topological polar surface area (TPSA) is 91.7 Å². The number of esters is 1. The van der Waals surface area contributed by atoms with Gasteiger partial charge in [0.25, 0.3) is 5.91 Å². The number of para-hydroxylation sites is 2. The minimum absolute atomic E-state index is 0.158. The van der Waals surface area contributed by atoms with Crippen molar-refractivity contribution < 1.29 is 23.8 Å². The van der Waals surface area contributed by atoms with Crippen LogP contribution in [0.2, 0.25) is 0 Å². The molecule has 27 heavy (non-hydrogen) atoms. The zero-order valence-corrected chi connectivity index (χ0v) is 15.4. The molecule has 1 atom stereocenters. The highest BCUT2D eigenvalue weighted by molar-refractivity contribution is 5.80. The fourth-order valence-corrected chi connectivity index (χ4v) is 2.76. The Morgan fingerprint density at radius 2 is 2.07 bits per heavy atom. The van der Waals surface area contributed by atoms with Crippen molar-refractivity contribution in [1.29, 1.82) is 0 Å². The number of aromatic nitrogens is 2. The van der Waals surface area contributed by atoms with E-state index < -0.39 is 5.97 Å². The van der Waals surface area contributed by atoms with E-state index in [-0.39, 0.29) is 31.6 Å². The zero-order chi connectivity index (χ0) is 19.2. The Morgan fingerprint density at radius 3 is 2.81 bits per heavy atom. The molecule has 0 radical (unpaired) electrons. The second-order valence-electron chi connectivity index (χ2n) is 6.36. The Labute approximate surface area is 157 Å². The van der Waals surface area contributed by atoms with Gasteiger partial charge in [-0.3, -0.25) is 14.3 Å². The van der Waals surface area contributed by atoms with Crippen LogP contribution in [-0.2, 0) is 20.9 Å². The smallest absolute Gasteiger partial charge is 0.308 e. The predicted octanol–water partition coefficient (Wildman–Crippen LogP) is 1.39. The number of rotatable bonds is 7. The lowest BCUT2D eigenvalue weighted by Gasteiger charge is -2.26. The van der Waals surface area contributed by atoms with Gasteiger partial charge in [-0.15, -0.1) is 0 Å². The second kappa shape index (κ2) is 8.57. The van der Waals surface area contributed by atoms with Crippen LogP contribution in [0.25, 0.3) is 0 Å². The summed E-state index contributed by atoms with van der Waals surface area (Å²) in [5, 5.41) is 6.96. The molecule has 1 N–H and O–H groups in total. The molecule has 0 aliphatic carbocycles. The Kier molecular flexibility index (Phi) is 5.95. The molecular weight excluding hydrogens is 350 g/mol. The van der Waals surface area contributed by atoms with Gasteiger partial charge in [0.05, 0.1) is 25.2 Å². The number of aryl methyl sites for hydroxylation is 3. The van der Waals surface area contributed by atoms with Gasteiger partial charge >= 0.3 is 5.97 Å². The summed E-state index contributed by atoms with van der Waals surface area (Å²) in [5.41, 5.74) is 1.88. The summed E-state index contributed by atoms with van der Waals surface area (Å²) in [7, 11) is 0. The molecule has 1 aliphatic heterocycles. The number of nitrogens with one attached hydrogen (secondary N) is 1. The van der Waals surface area contributed by atoms with Crippen molar-refractivity contribution in [3.63, 3.8) is 0 Å². The van der Waals surface area contributed by atoms with Crippen LogP contribution in [-0.4, -0.2) is 47.5 Å². The summed E-state index contributed by atoms with van der Waals surface area (Å²) >= 11 is 0. The Morgan fingerprint density at radius 1 is 1.30 bits per heavy atom. The van der Waals surface area contributed by atoms with Crippen LogP contribution in [0.1, 0.15) is 17.8 Å². The van der Waals surface area contributed by atoms with E-state index in [0.29, 0.717) is 24.7 Å². The first-order valence-corrected chi connectivity index (χ1v) is 8.83. The highest BCUT2D eigenvalue weighted by Gasteiger charge is 2.21. The van der Waals surface area contributed by atoms with E-state index in [9.17, 15) is 9.59 Å². The van der Waals surface area contributed by atoms with E-state index in [2.05, 4.69) is 10.4 Å². The molecule has 1 unspecified atom stereocenters. The number of hydrogen-bond acceptors (Lipinski definition) is 6. The largest absolute Gasteiger partial charge is 0.486 e. The van der Waals surface area contributed by atoms with Crippen molar-refractivity contribution in [1.82, 2.24) is 15.1 Å². The van der Waals surface area contributed by atoms with Crippen LogP contribution >= 0.6 is 0 Å². The maximum atomic E-state index is 11.9. The third kappa shape index (κ3) is 5.22. The number of hydrogen-bond donors (Lipinski definition) is 1. The average Bonchev–Trinajstić information content (AvgIpc) is 3.00. The number of amides is 1. The number of nitrogens with zero attached hydrogens (tertiary/aromatic N) is 2. The molecule has 0 saturated carbocycles. The van der Waals surface area contributed by atoms with Gasteiger partial charge in [-0.2, -0.15) is 5.10 Å². The van der Waals surface area contributed by atoms with Gasteiger partial charge in [0, 0.05) is 5.69 Å². The summed E-state index contributed by atoms with van der Waals surface area (Å²) < 4.78 is 18.1. The molecule has 1 aromatic heterocycles. The average molecular weight is 373 g/mol. The first-order chi connectivity index (χ1) is 13.0. The van der Waals surface area contributed by atoms with Crippen LogP contribution in [0, 0.1) is 13.8 Å². The molecule has 3 rings (SSSR count). The summed E-state index contributed by atoms with van der Waals surface area (Å²) in [5.74, 6) is 0.524.